The number of ether oxygens (including phenoxy) is 2. The van der Waals surface area contributed by atoms with E-state index in [0.29, 0.717) is 6.54 Å². The summed E-state index contributed by atoms with van der Waals surface area (Å²) in [6, 6.07) is 3.70. The Labute approximate surface area is 91.8 Å². The first-order valence-corrected chi connectivity index (χ1v) is 4.99. The van der Waals surface area contributed by atoms with Crippen molar-refractivity contribution in [2.24, 2.45) is 0 Å². The normalized spacial score (nSPS) is 10.2. The first-order chi connectivity index (χ1) is 6.77. The standard InChI is InChI=1S/C9H13BrN2O2/c1-11-5-7-8(14-6-13-2)3-4-9(10)12-7/h3-4,11H,5-6H2,1-2H3. The third-order valence-electron chi connectivity index (χ3n) is 1.57. The molecule has 1 N–H and O–H groups in total. The highest BCUT2D eigenvalue weighted by Gasteiger charge is 2.04. The van der Waals surface area contributed by atoms with E-state index in [2.05, 4.69) is 26.2 Å². The summed E-state index contributed by atoms with van der Waals surface area (Å²) < 4.78 is 11.0. The van der Waals surface area contributed by atoms with Crippen molar-refractivity contribution in [3.63, 3.8) is 0 Å². The lowest BCUT2D eigenvalue weighted by Crippen LogP contribution is -2.10. The highest BCUT2D eigenvalue weighted by molar-refractivity contribution is 9.10. The lowest BCUT2D eigenvalue weighted by atomic mass is 10.3. The van der Waals surface area contributed by atoms with Crippen LogP contribution in [0.25, 0.3) is 0 Å². The van der Waals surface area contributed by atoms with Gasteiger partial charge in [0.15, 0.2) is 6.79 Å². The zero-order chi connectivity index (χ0) is 10.4. The Hall–Kier alpha value is -0.650. The van der Waals surface area contributed by atoms with E-state index in [9.17, 15) is 0 Å². The van der Waals surface area contributed by atoms with Crippen LogP contribution in [-0.4, -0.2) is 25.9 Å². The van der Waals surface area contributed by atoms with Gasteiger partial charge in [0.25, 0.3) is 0 Å². The molecule has 0 bridgehead atoms. The molecule has 1 aromatic heterocycles. The summed E-state index contributed by atoms with van der Waals surface area (Å²) in [6.07, 6.45) is 0. The first-order valence-electron chi connectivity index (χ1n) is 4.19. The molecule has 1 aromatic rings. The molecule has 0 aliphatic rings. The molecule has 5 heteroatoms. The molecule has 78 valence electrons. The molecule has 14 heavy (non-hydrogen) atoms. The Balaban J connectivity index is 2.78. The van der Waals surface area contributed by atoms with E-state index in [4.69, 9.17) is 9.47 Å². The van der Waals surface area contributed by atoms with Crippen molar-refractivity contribution >= 4 is 15.9 Å². The molecule has 1 heterocycles. The van der Waals surface area contributed by atoms with Gasteiger partial charge < -0.3 is 14.8 Å². The summed E-state index contributed by atoms with van der Waals surface area (Å²) in [5, 5.41) is 3.02. The van der Waals surface area contributed by atoms with E-state index in [1.54, 1.807) is 7.11 Å². The molecule has 0 amide bonds. The van der Waals surface area contributed by atoms with Gasteiger partial charge in [0.1, 0.15) is 10.4 Å². The molecule has 0 radical (unpaired) electrons. The van der Waals surface area contributed by atoms with Crippen LogP contribution in [0.1, 0.15) is 5.69 Å². The molecule has 0 saturated carbocycles. The Morgan fingerprint density at radius 2 is 2.29 bits per heavy atom. The summed E-state index contributed by atoms with van der Waals surface area (Å²) in [5.41, 5.74) is 0.860. The Morgan fingerprint density at radius 1 is 1.50 bits per heavy atom. The third-order valence-corrected chi connectivity index (χ3v) is 2.02. The van der Waals surface area contributed by atoms with Gasteiger partial charge >= 0.3 is 0 Å². The van der Waals surface area contributed by atoms with Gasteiger partial charge in [0, 0.05) is 13.7 Å². The first kappa shape index (κ1) is 11.4. The number of aromatic nitrogens is 1. The molecule has 0 saturated heterocycles. The molecule has 0 aromatic carbocycles. The van der Waals surface area contributed by atoms with E-state index in [1.807, 2.05) is 19.2 Å². The molecule has 0 aliphatic carbocycles. The van der Waals surface area contributed by atoms with Crippen molar-refractivity contribution in [1.82, 2.24) is 10.3 Å². The van der Waals surface area contributed by atoms with Gasteiger partial charge in [0.05, 0.1) is 5.69 Å². The fourth-order valence-corrected chi connectivity index (χ4v) is 1.36. The van der Waals surface area contributed by atoms with Crippen LogP contribution in [0.2, 0.25) is 0 Å². The lowest BCUT2D eigenvalue weighted by Gasteiger charge is -2.09. The van der Waals surface area contributed by atoms with Crippen LogP contribution in [0.3, 0.4) is 0 Å². The number of rotatable bonds is 5. The maximum absolute atomic E-state index is 5.35. The fourth-order valence-electron chi connectivity index (χ4n) is 1.01. The van der Waals surface area contributed by atoms with Crippen molar-refractivity contribution in [2.75, 3.05) is 21.0 Å². The zero-order valence-corrected chi connectivity index (χ0v) is 9.80. The number of nitrogens with one attached hydrogen (secondary N) is 1. The van der Waals surface area contributed by atoms with Crippen molar-refractivity contribution in [3.8, 4) is 5.75 Å². The number of nitrogens with zero attached hydrogens (tertiary/aromatic N) is 1. The SMILES string of the molecule is CNCc1nc(Br)ccc1OCOC. The van der Waals surface area contributed by atoms with Crippen LogP contribution in [0.5, 0.6) is 5.75 Å². The van der Waals surface area contributed by atoms with Gasteiger partial charge in [-0.15, -0.1) is 0 Å². The van der Waals surface area contributed by atoms with Crippen molar-refractivity contribution in [3.05, 3.63) is 22.4 Å². The number of hydrogen-bond acceptors (Lipinski definition) is 4. The number of pyridine rings is 1. The van der Waals surface area contributed by atoms with Crippen molar-refractivity contribution < 1.29 is 9.47 Å². The summed E-state index contributed by atoms with van der Waals surface area (Å²) in [4.78, 5) is 4.29. The van der Waals surface area contributed by atoms with Crippen LogP contribution < -0.4 is 10.1 Å². The van der Waals surface area contributed by atoms with Gasteiger partial charge in [-0.25, -0.2) is 4.98 Å². The lowest BCUT2D eigenvalue weighted by molar-refractivity contribution is 0.0500. The number of methoxy groups -OCH3 is 1. The minimum absolute atomic E-state index is 0.236. The molecule has 0 unspecified atom stereocenters. The van der Waals surface area contributed by atoms with Crippen molar-refractivity contribution in [2.45, 2.75) is 6.54 Å². The predicted molar refractivity (Wildman–Crippen MR) is 57.2 cm³/mol. The number of hydrogen-bond donors (Lipinski definition) is 1. The average molecular weight is 261 g/mol. The molecular formula is C9H13BrN2O2. The van der Waals surface area contributed by atoms with Gasteiger partial charge in [-0.05, 0) is 35.1 Å². The van der Waals surface area contributed by atoms with Gasteiger partial charge in [-0.2, -0.15) is 0 Å². The van der Waals surface area contributed by atoms with E-state index in [-0.39, 0.29) is 6.79 Å². The molecule has 0 fully saturated rings. The summed E-state index contributed by atoms with van der Waals surface area (Å²) >= 11 is 3.31. The van der Waals surface area contributed by atoms with Crippen molar-refractivity contribution in [1.29, 1.82) is 0 Å². The summed E-state index contributed by atoms with van der Waals surface area (Å²) in [6.45, 7) is 0.901. The zero-order valence-electron chi connectivity index (χ0n) is 8.21. The van der Waals surface area contributed by atoms with Gasteiger partial charge in [-0.3, -0.25) is 0 Å². The maximum atomic E-state index is 5.35. The maximum Gasteiger partial charge on any atom is 0.188 e. The monoisotopic (exact) mass is 260 g/mol. The molecule has 4 nitrogen and oxygen atoms in total. The largest absolute Gasteiger partial charge is 0.466 e. The summed E-state index contributed by atoms with van der Waals surface area (Å²) in [7, 11) is 3.45. The predicted octanol–water partition coefficient (Wildman–Crippen LogP) is 1.55. The molecular weight excluding hydrogens is 248 g/mol. The van der Waals surface area contributed by atoms with Crippen LogP contribution in [-0.2, 0) is 11.3 Å². The molecule has 1 rings (SSSR count). The van der Waals surface area contributed by atoms with Gasteiger partial charge in [0.2, 0.25) is 0 Å². The van der Waals surface area contributed by atoms with E-state index < -0.39 is 0 Å². The molecule has 0 aliphatic heterocycles. The second-order valence-corrected chi connectivity index (χ2v) is 3.47. The van der Waals surface area contributed by atoms with Gasteiger partial charge in [-0.1, -0.05) is 0 Å². The van der Waals surface area contributed by atoms with E-state index in [0.717, 1.165) is 16.0 Å². The highest BCUT2D eigenvalue weighted by atomic mass is 79.9. The van der Waals surface area contributed by atoms with Crippen LogP contribution >= 0.6 is 15.9 Å². The highest BCUT2D eigenvalue weighted by Crippen LogP contribution is 2.19. The fraction of sp³-hybridized carbons (Fsp3) is 0.444. The Bertz CT molecular complexity index is 294. The second-order valence-electron chi connectivity index (χ2n) is 2.66. The minimum Gasteiger partial charge on any atom is -0.466 e. The third kappa shape index (κ3) is 3.25. The quantitative estimate of drug-likeness (QED) is 0.645. The topological polar surface area (TPSA) is 43.4 Å². The Kier molecular flexibility index (Phi) is 4.86. The molecule has 0 atom stereocenters. The number of halogens is 1. The molecule has 0 spiro atoms. The Morgan fingerprint density at radius 3 is 2.93 bits per heavy atom. The smallest absolute Gasteiger partial charge is 0.188 e. The second kappa shape index (κ2) is 5.95. The van der Waals surface area contributed by atoms with Crippen LogP contribution in [0.15, 0.2) is 16.7 Å². The summed E-state index contributed by atoms with van der Waals surface area (Å²) in [5.74, 6) is 0.740. The van der Waals surface area contributed by atoms with Crippen LogP contribution in [0, 0.1) is 0 Å². The minimum atomic E-state index is 0.236. The van der Waals surface area contributed by atoms with E-state index in [1.165, 1.54) is 0 Å². The average Bonchev–Trinajstić information content (AvgIpc) is 2.17. The van der Waals surface area contributed by atoms with Crippen LogP contribution in [0.4, 0.5) is 0 Å². The van der Waals surface area contributed by atoms with E-state index >= 15 is 0 Å².